The van der Waals surface area contributed by atoms with Gasteiger partial charge in [-0.15, -0.1) is 0 Å². The highest BCUT2D eigenvalue weighted by Gasteiger charge is 2.63. The maximum atomic E-state index is 11.1. The van der Waals surface area contributed by atoms with Crippen molar-refractivity contribution in [2.45, 2.75) is 65.7 Å². The van der Waals surface area contributed by atoms with Gasteiger partial charge in [-0.2, -0.15) is 0 Å². The van der Waals surface area contributed by atoms with E-state index in [1.165, 1.54) is 19.3 Å². The summed E-state index contributed by atoms with van der Waals surface area (Å²) in [4.78, 5) is 11.1. The first-order valence-electron chi connectivity index (χ1n) is 6.86. The number of carboxylic acid groups (broad SMARTS) is 1. The number of hydrogen-bond acceptors (Lipinski definition) is 2. The molecule has 0 unspecified atom stereocenters. The van der Waals surface area contributed by atoms with Crippen molar-refractivity contribution in [1.82, 2.24) is 0 Å². The van der Waals surface area contributed by atoms with Crippen molar-refractivity contribution in [2.75, 3.05) is 0 Å². The Labute approximate surface area is 104 Å². The Hall–Kier alpha value is -0.530. The summed E-state index contributed by atoms with van der Waals surface area (Å²) in [5, 5.41) is 11.1. The maximum absolute atomic E-state index is 11.1. The van der Waals surface area contributed by atoms with Crippen LogP contribution in [0.5, 0.6) is 0 Å². The van der Waals surface area contributed by atoms with Gasteiger partial charge in [0.05, 0.1) is 0 Å². The molecule has 0 aromatic heterocycles. The van der Waals surface area contributed by atoms with Gasteiger partial charge in [-0.05, 0) is 66.6 Å². The predicted molar refractivity (Wildman–Crippen MR) is 64.1 cm³/mol. The number of hydrogen-bond donors (Lipinski definition) is 0. The third kappa shape index (κ3) is 1.71. The fraction of sp³-hybridized carbons (Fsp3) is 0.933. The van der Waals surface area contributed by atoms with Crippen LogP contribution in [0, 0.1) is 21.7 Å². The lowest BCUT2D eigenvalue weighted by molar-refractivity contribution is -0.312. The van der Waals surface area contributed by atoms with Gasteiger partial charge in [-0.1, -0.05) is 20.8 Å². The lowest BCUT2D eigenvalue weighted by atomic mass is 9.36. The van der Waals surface area contributed by atoms with E-state index in [0.717, 1.165) is 19.3 Å². The first-order chi connectivity index (χ1) is 7.66. The molecule has 96 valence electrons. The van der Waals surface area contributed by atoms with E-state index in [0.29, 0.717) is 16.2 Å². The van der Waals surface area contributed by atoms with E-state index >= 15 is 0 Å². The molecule has 4 saturated carbocycles. The van der Waals surface area contributed by atoms with Gasteiger partial charge >= 0.3 is 0 Å². The van der Waals surface area contributed by atoms with Crippen molar-refractivity contribution in [1.29, 1.82) is 0 Å². The molecule has 0 spiro atoms. The van der Waals surface area contributed by atoms with Gasteiger partial charge in [0.1, 0.15) is 0 Å². The first-order valence-corrected chi connectivity index (χ1v) is 6.86. The van der Waals surface area contributed by atoms with E-state index in [1.54, 1.807) is 0 Å². The van der Waals surface area contributed by atoms with Crippen LogP contribution in [-0.4, -0.2) is 5.97 Å². The van der Waals surface area contributed by atoms with Crippen LogP contribution in [0.2, 0.25) is 0 Å². The fourth-order valence-corrected chi connectivity index (χ4v) is 7.05. The van der Waals surface area contributed by atoms with E-state index in [9.17, 15) is 9.90 Å². The molecule has 0 heterocycles. The largest absolute Gasteiger partial charge is 0.550 e. The number of aliphatic carboxylic acids is 1. The van der Waals surface area contributed by atoms with Crippen LogP contribution in [0.4, 0.5) is 0 Å². The Morgan fingerprint density at radius 3 is 1.53 bits per heavy atom. The highest BCUT2D eigenvalue weighted by atomic mass is 16.4. The molecule has 17 heavy (non-hydrogen) atoms. The normalized spacial score (nSPS) is 56.2. The molecule has 4 aliphatic rings. The molecule has 0 radical (unpaired) electrons. The summed E-state index contributed by atoms with van der Waals surface area (Å²) in [5.74, 6) is -0.845. The second-order valence-corrected chi connectivity index (χ2v) is 8.54. The van der Waals surface area contributed by atoms with Crippen molar-refractivity contribution in [3.8, 4) is 0 Å². The Kier molecular flexibility index (Phi) is 1.97. The molecule has 2 heteroatoms. The van der Waals surface area contributed by atoms with Crippen molar-refractivity contribution >= 4 is 5.97 Å². The number of carbonyl (C=O) groups is 1. The monoisotopic (exact) mass is 235 g/mol. The van der Waals surface area contributed by atoms with E-state index in [-0.39, 0.29) is 11.8 Å². The molecule has 0 saturated heterocycles. The summed E-state index contributed by atoms with van der Waals surface area (Å²) < 4.78 is 0. The van der Waals surface area contributed by atoms with E-state index in [2.05, 4.69) is 20.8 Å². The second-order valence-electron chi connectivity index (χ2n) is 8.54. The van der Waals surface area contributed by atoms with Gasteiger partial charge < -0.3 is 9.90 Å². The highest BCUT2D eigenvalue weighted by Crippen LogP contribution is 2.74. The number of carboxylic acids is 1. The van der Waals surface area contributed by atoms with Crippen molar-refractivity contribution in [3.05, 3.63) is 0 Å². The zero-order valence-electron chi connectivity index (χ0n) is 11.3. The molecular formula is C15H23O2-. The average molecular weight is 235 g/mol. The minimum atomic E-state index is -0.845. The molecule has 4 bridgehead atoms. The van der Waals surface area contributed by atoms with Crippen LogP contribution >= 0.6 is 0 Å². The van der Waals surface area contributed by atoms with Gasteiger partial charge in [0, 0.05) is 5.97 Å². The van der Waals surface area contributed by atoms with Crippen LogP contribution in [0.3, 0.4) is 0 Å². The first kappa shape index (κ1) is 11.6. The van der Waals surface area contributed by atoms with Crippen LogP contribution in [-0.2, 0) is 4.79 Å². The van der Waals surface area contributed by atoms with Gasteiger partial charge in [0.2, 0.25) is 0 Å². The topological polar surface area (TPSA) is 40.1 Å². The number of rotatable bonds is 2. The Balaban J connectivity index is 2.01. The average Bonchev–Trinajstić information content (AvgIpc) is 1.87. The lowest BCUT2D eigenvalue weighted by Crippen LogP contribution is -2.59. The summed E-state index contributed by atoms with van der Waals surface area (Å²) in [7, 11) is 0. The van der Waals surface area contributed by atoms with Crippen molar-refractivity contribution in [2.24, 2.45) is 21.7 Å². The molecule has 0 amide bonds. The van der Waals surface area contributed by atoms with Crippen LogP contribution in [0.15, 0.2) is 0 Å². The standard InChI is InChI=1S/C15H24O2/c1-12-5-13(2)7-14(3,6-12)10-15(8-12,9-13)4-11(16)17/h4-10H2,1-3H3,(H,16,17)/p-1. The van der Waals surface area contributed by atoms with E-state index in [4.69, 9.17) is 0 Å². The van der Waals surface area contributed by atoms with Gasteiger partial charge in [0.15, 0.2) is 0 Å². The summed E-state index contributed by atoms with van der Waals surface area (Å²) in [5.41, 5.74) is 1.20. The molecule has 0 N–H and O–H groups in total. The zero-order chi connectivity index (χ0) is 12.5. The summed E-state index contributed by atoms with van der Waals surface area (Å²) >= 11 is 0. The predicted octanol–water partition coefficient (Wildman–Crippen LogP) is 2.51. The number of carbonyl (C=O) groups excluding carboxylic acids is 1. The smallest absolute Gasteiger partial charge is 0.0419 e. The maximum Gasteiger partial charge on any atom is 0.0419 e. The minimum absolute atomic E-state index is 0.0475. The molecule has 2 nitrogen and oxygen atoms in total. The Bertz CT molecular complexity index is 331. The van der Waals surface area contributed by atoms with Crippen LogP contribution in [0.25, 0.3) is 0 Å². The van der Waals surface area contributed by atoms with E-state index < -0.39 is 5.97 Å². The SMILES string of the molecule is CC12CC3(C)CC(C)(C1)CC(CC(=O)[O-])(C2)C3. The molecule has 0 aromatic carbocycles. The fourth-order valence-electron chi connectivity index (χ4n) is 7.05. The Morgan fingerprint density at radius 2 is 1.24 bits per heavy atom. The molecule has 4 rings (SSSR count). The quantitative estimate of drug-likeness (QED) is 0.738. The Morgan fingerprint density at radius 1 is 0.882 bits per heavy atom. The molecule has 4 fully saturated rings. The van der Waals surface area contributed by atoms with Crippen molar-refractivity contribution in [3.63, 3.8) is 0 Å². The summed E-state index contributed by atoms with van der Waals surface area (Å²) in [6.07, 6.45) is 7.50. The highest BCUT2D eigenvalue weighted by molar-refractivity contribution is 5.65. The zero-order valence-corrected chi connectivity index (χ0v) is 11.3. The summed E-state index contributed by atoms with van der Waals surface area (Å²) in [6.45, 7) is 7.14. The van der Waals surface area contributed by atoms with Crippen LogP contribution in [0.1, 0.15) is 65.7 Å². The van der Waals surface area contributed by atoms with Gasteiger partial charge in [-0.25, -0.2) is 0 Å². The molecule has 0 aliphatic heterocycles. The molecule has 0 atom stereocenters. The lowest BCUT2D eigenvalue weighted by Gasteiger charge is -2.69. The van der Waals surface area contributed by atoms with Crippen molar-refractivity contribution < 1.29 is 9.90 Å². The minimum Gasteiger partial charge on any atom is -0.550 e. The van der Waals surface area contributed by atoms with Gasteiger partial charge in [0.25, 0.3) is 0 Å². The second kappa shape index (κ2) is 2.89. The van der Waals surface area contributed by atoms with Crippen LogP contribution < -0.4 is 5.11 Å². The molecule has 0 aromatic rings. The third-order valence-electron chi connectivity index (χ3n) is 5.49. The summed E-state index contributed by atoms with van der Waals surface area (Å²) in [6, 6.07) is 0. The third-order valence-corrected chi connectivity index (χ3v) is 5.49. The molecular weight excluding hydrogens is 212 g/mol. The van der Waals surface area contributed by atoms with E-state index in [1.807, 2.05) is 0 Å². The van der Waals surface area contributed by atoms with Gasteiger partial charge in [-0.3, -0.25) is 0 Å². The molecule has 4 aliphatic carbocycles.